The Bertz CT molecular complexity index is 1190. The number of hydrogen-bond donors (Lipinski definition) is 4. The molecule has 1 aliphatic heterocycles. The molecular weight excluding hydrogens is 522 g/mol. The predicted octanol–water partition coefficient (Wildman–Crippen LogP) is 3.51. The van der Waals surface area contributed by atoms with E-state index in [2.05, 4.69) is 22.5 Å². The summed E-state index contributed by atoms with van der Waals surface area (Å²) in [4.78, 5) is 41.9. The minimum atomic E-state index is -0.308. The minimum absolute atomic E-state index is 0.0447. The first-order valence-corrected chi connectivity index (χ1v) is 14.4. The first-order valence-electron chi connectivity index (χ1n) is 14.4. The number of para-hydroxylation sites is 2. The van der Waals surface area contributed by atoms with Gasteiger partial charge in [0, 0.05) is 43.1 Å². The van der Waals surface area contributed by atoms with Crippen LogP contribution in [-0.2, 0) is 20.8 Å². The fourth-order valence-electron chi connectivity index (χ4n) is 4.88. The number of amides is 3. The summed E-state index contributed by atoms with van der Waals surface area (Å²) in [5, 5.41) is 15.5. The van der Waals surface area contributed by atoms with Gasteiger partial charge in [-0.15, -0.1) is 0 Å². The van der Waals surface area contributed by atoms with E-state index in [4.69, 9.17) is 10.5 Å². The van der Waals surface area contributed by atoms with Crippen molar-refractivity contribution in [3.8, 4) is 5.75 Å². The Morgan fingerprint density at radius 1 is 1.10 bits per heavy atom. The molecule has 0 spiro atoms. The van der Waals surface area contributed by atoms with E-state index >= 15 is 0 Å². The molecule has 5 N–H and O–H groups in total. The lowest BCUT2D eigenvalue weighted by Gasteiger charge is -2.33. The van der Waals surface area contributed by atoms with Crippen LogP contribution >= 0.6 is 0 Å². The summed E-state index contributed by atoms with van der Waals surface area (Å²) in [5.41, 5.74) is 8.30. The van der Waals surface area contributed by atoms with E-state index in [-0.39, 0.29) is 48.8 Å². The normalized spacial score (nSPS) is 18.0. The summed E-state index contributed by atoms with van der Waals surface area (Å²) in [6, 6.07) is 12.2. The van der Waals surface area contributed by atoms with Gasteiger partial charge in [0.05, 0.1) is 30.4 Å². The number of nitrogens with two attached hydrogens (primary N) is 1. The van der Waals surface area contributed by atoms with Crippen molar-refractivity contribution in [1.29, 1.82) is 0 Å². The summed E-state index contributed by atoms with van der Waals surface area (Å²) in [7, 11) is 3.97. The lowest BCUT2D eigenvalue weighted by molar-refractivity contribution is -0.134. The van der Waals surface area contributed by atoms with E-state index in [9.17, 15) is 19.5 Å². The maximum atomic E-state index is 13.3. The van der Waals surface area contributed by atoms with E-state index in [1.165, 1.54) is 0 Å². The van der Waals surface area contributed by atoms with Crippen LogP contribution in [0.5, 0.6) is 5.75 Å². The number of benzene rings is 2. The zero-order valence-electron chi connectivity index (χ0n) is 24.7. The molecule has 0 unspecified atom stereocenters. The van der Waals surface area contributed by atoms with Gasteiger partial charge in [0.2, 0.25) is 17.7 Å². The van der Waals surface area contributed by atoms with Crippen molar-refractivity contribution in [2.45, 2.75) is 64.5 Å². The number of ether oxygens (including phenoxy) is 1. The molecule has 3 amide bonds. The molecular formula is C31H45N5O5. The van der Waals surface area contributed by atoms with Crippen molar-refractivity contribution in [3.05, 3.63) is 48.0 Å². The van der Waals surface area contributed by atoms with E-state index in [0.29, 0.717) is 67.1 Å². The molecule has 224 valence electrons. The third-order valence-corrected chi connectivity index (χ3v) is 7.29. The number of rotatable bonds is 12. The quantitative estimate of drug-likeness (QED) is 0.228. The van der Waals surface area contributed by atoms with Gasteiger partial charge in [0.15, 0.2) is 0 Å². The summed E-state index contributed by atoms with van der Waals surface area (Å²) in [5.74, 6) is 0.356. The molecule has 0 radical (unpaired) electrons. The van der Waals surface area contributed by atoms with Crippen LogP contribution in [0.4, 0.5) is 17.1 Å². The summed E-state index contributed by atoms with van der Waals surface area (Å²) in [6.07, 6.45) is 2.69. The van der Waals surface area contributed by atoms with Crippen LogP contribution < -0.4 is 21.1 Å². The van der Waals surface area contributed by atoms with Gasteiger partial charge in [-0.2, -0.15) is 0 Å². The SMILES string of the molecule is C[C@@H]1CN([C@@H](C)CO)C(=O)Cc2cc(NC(=O)CCCCCC(=O)Nc3ccccc3N)ccc2O[C@@H]1CN(C)C. The highest BCUT2D eigenvalue weighted by Crippen LogP contribution is 2.29. The number of nitrogens with one attached hydrogen (secondary N) is 2. The Morgan fingerprint density at radius 2 is 1.78 bits per heavy atom. The Balaban J connectivity index is 1.56. The second-order valence-corrected chi connectivity index (χ2v) is 11.2. The predicted molar refractivity (Wildman–Crippen MR) is 162 cm³/mol. The van der Waals surface area contributed by atoms with Crippen molar-refractivity contribution >= 4 is 34.8 Å². The highest BCUT2D eigenvalue weighted by atomic mass is 16.5. The largest absolute Gasteiger partial charge is 0.488 e. The Morgan fingerprint density at radius 3 is 2.44 bits per heavy atom. The van der Waals surface area contributed by atoms with Gasteiger partial charge in [0.25, 0.3) is 0 Å². The average molecular weight is 568 g/mol. The summed E-state index contributed by atoms with van der Waals surface area (Å²) in [6.45, 7) is 4.94. The number of aliphatic hydroxyl groups excluding tert-OH is 1. The molecule has 3 atom stereocenters. The first-order chi connectivity index (χ1) is 19.6. The highest BCUT2D eigenvalue weighted by molar-refractivity contribution is 5.93. The number of nitrogen functional groups attached to an aromatic ring is 1. The van der Waals surface area contributed by atoms with Crippen LogP contribution in [0.2, 0.25) is 0 Å². The summed E-state index contributed by atoms with van der Waals surface area (Å²) < 4.78 is 6.43. The second-order valence-electron chi connectivity index (χ2n) is 11.2. The van der Waals surface area contributed by atoms with Crippen molar-refractivity contribution < 1.29 is 24.2 Å². The number of nitrogens with zero attached hydrogens (tertiary/aromatic N) is 2. The van der Waals surface area contributed by atoms with Crippen molar-refractivity contribution in [1.82, 2.24) is 9.80 Å². The Kier molecular flexibility index (Phi) is 12.0. The number of anilines is 3. The molecule has 2 aromatic carbocycles. The van der Waals surface area contributed by atoms with Crippen molar-refractivity contribution in [2.75, 3.05) is 50.2 Å². The number of carbonyl (C=O) groups is 3. The van der Waals surface area contributed by atoms with Gasteiger partial charge in [-0.25, -0.2) is 0 Å². The second kappa shape index (κ2) is 15.4. The Labute approximate surface area is 243 Å². The third-order valence-electron chi connectivity index (χ3n) is 7.29. The standard InChI is InChI=1S/C31H45N5O5/c1-21-18-36(22(2)20-37)31(40)17-23-16-24(14-15-27(23)41-28(21)19-35(3)4)33-29(38)12-6-5-7-13-30(39)34-26-11-9-8-10-25(26)32/h8-11,14-16,21-22,28,37H,5-7,12-13,17-20,32H2,1-4H3,(H,33,38)(H,34,39)/t21-,22+,28-/m1/s1. The van der Waals surface area contributed by atoms with Crippen LogP contribution in [0.3, 0.4) is 0 Å². The van der Waals surface area contributed by atoms with Crippen LogP contribution in [0.25, 0.3) is 0 Å². The van der Waals surface area contributed by atoms with Crippen LogP contribution in [-0.4, -0.2) is 78.6 Å². The maximum absolute atomic E-state index is 13.3. The molecule has 10 nitrogen and oxygen atoms in total. The van der Waals surface area contributed by atoms with E-state index in [0.717, 1.165) is 6.42 Å². The van der Waals surface area contributed by atoms with Crippen molar-refractivity contribution in [2.24, 2.45) is 5.92 Å². The number of aliphatic hydroxyl groups is 1. The monoisotopic (exact) mass is 567 g/mol. The molecule has 0 saturated carbocycles. The van der Waals surface area contributed by atoms with Gasteiger partial charge in [0.1, 0.15) is 11.9 Å². The zero-order chi connectivity index (χ0) is 29.9. The van der Waals surface area contributed by atoms with E-state index in [1.54, 1.807) is 29.2 Å². The average Bonchev–Trinajstić information content (AvgIpc) is 2.96. The molecule has 0 aliphatic carbocycles. The molecule has 0 aromatic heterocycles. The minimum Gasteiger partial charge on any atom is -0.488 e. The van der Waals surface area contributed by atoms with Crippen LogP contribution in [0.15, 0.2) is 42.5 Å². The lowest BCUT2D eigenvalue weighted by Crippen LogP contribution is -2.47. The van der Waals surface area contributed by atoms with Crippen molar-refractivity contribution in [3.63, 3.8) is 0 Å². The fourth-order valence-corrected chi connectivity index (χ4v) is 4.88. The number of carbonyl (C=O) groups excluding carboxylic acids is 3. The topological polar surface area (TPSA) is 137 Å². The first kappa shape index (κ1) is 31.9. The van der Waals surface area contributed by atoms with Gasteiger partial charge in [-0.3, -0.25) is 14.4 Å². The molecule has 1 heterocycles. The maximum Gasteiger partial charge on any atom is 0.227 e. The molecule has 0 bridgehead atoms. The van der Waals surface area contributed by atoms with Gasteiger partial charge in [-0.1, -0.05) is 25.5 Å². The van der Waals surface area contributed by atoms with Gasteiger partial charge in [-0.05, 0) is 64.2 Å². The van der Waals surface area contributed by atoms with Gasteiger partial charge >= 0.3 is 0 Å². The smallest absolute Gasteiger partial charge is 0.227 e. The van der Waals surface area contributed by atoms with Crippen LogP contribution in [0, 0.1) is 5.92 Å². The fraction of sp³-hybridized carbons (Fsp3) is 0.516. The Hall–Kier alpha value is -3.63. The molecule has 10 heteroatoms. The molecule has 41 heavy (non-hydrogen) atoms. The summed E-state index contributed by atoms with van der Waals surface area (Å²) >= 11 is 0. The number of likely N-dealkylation sites (N-methyl/N-ethyl adjacent to an activating group) is 1. The third kappa shape index (κ3) is 9.75. The van der Waals surface area contributed by atoms with E-state index < -0.39 is 0 Å². The van der Waals surface area contributed by atoms with E-state index in [1.807, 2.05) is 39.2 Å². The molecule has 0 fully saturated rings. The molecule has 0 saturated heterocycles. The molecule has 2 aromatic rings. The molecule has 3 rings (SSSR count). The number of unbranched alkanes of at least 4 members (excludes halogenated alkanes) is 2. The highest BCUT2D eigenvalue weighted by Gasteiger charge is 2.30. The van der Waals surface area contributed by atoms with Crippen LogP contribution in [0.1, 0.15) is 51.5 Å². The lowest BCUT2D eigenvalue weighted by atomic mass is 10.0. The zero-order valence-corrected chi connectivity index (χ0v) is 24.7. The molecule has 1 aliphatic rings. The van der Waals surface area contributed by atoms with Gasteiger partial charge < -0.3 is 36.0 Å². The number of hydrogen-bond acceptors (Lipinski definition) is 7. The number of fused-ring (bicyclic) bond motifs is 1.